The Labute approximate surface area is 191 Å². The number of thiophene rings is 1. The number of nitrogens with one attached hydrogen (secondary N) is 2. The minimum atomic E-state index is -0.397. The summed E-state index contributed by atoms with van der Waals surface area (Å²) < 4.78 is 5.46. The predicted octanol–water partition coefficient (Wildman–Crippen LogP) is 4.59. The Balaban J connectivity index is 1.31. The minimum Gasteiger partial charge on any atom is -0.423 e. The summed E-state index contributed by atoms with van der Waals surface area (Å²) in [5.41, 5.74) is 3.40. The van der Waals surface area contributed by atoms with Gasteiger partial charge in [-0.2, -0.15) is 0 Å². The van der Waals surface area contributed by atoms with Gasteiger partial charge >= 0.3 is 5.97 Å². The summed E-state index contributed by atoms with van der Waals surface area (Å²) in [6.45, 7) is 6.29. The number of carbonyl (C=O) groups is 2. The first-order chi connectivity index (χ1) is 15.5. The molecular formula is C25H25N3O3S. The highest BCUT2D eigenvalue weighted by Crippen LogP contribution is 2.41. The van der Waals surface area contributed by atoms with Crippen LogP contribution < -0.4 is 15.4 Å². The van der Waals surface area contributed by atoms with Gasteiger partial charge in [0.1, 0.15) is 16.9 Å². The van der Waals surface area contributed by atoms with Crippen LogP contribution in [0.2, 0.25) is 0 Å². The molecule has 3 aromatic rings. The molecule has 0 bridgehead atoms. The van der Waals surface area contributed by atoms with E-state index < -0.39 is 5.97 Å². The molecule has 1 amide bonds. The summed E-state index contributed by atoms with van der Waals surface area (Å²) in [7, 11) is 0. The zero-order valence-electron chi connectivity index (χ0n) is 18.1. The first kappa shape index (κ1) is 20.7. The third-order valence-electron chi connectivity index (χ3n) is 6.03. The number of carbonyl (C=O) groups excluding carboxylic acids is 2. The molecule has 32 heavy (non-hydrogen) atoms. The predicted molar refractivity (Wildman–Crippen MR) is 125 cm³/mol. The van der Waals surface area contributed by atoms with E-state index in [4.69, 9.17) is 4.74 Å². The third-order valence-corrected chi connectivity index (χ3v) is 7.18. The van der Waals surface area contributed by atoms with Crippen molar-refractivity contribution in [3.63, 3.8) is 0 Å². The van der Waals surface area contributed by atoms with E-state index in [2.05, 4.69) is 29.4 Å². The molecule has 0 unspecified atom stereocenters. The maximum absolute atomic E-state index is 13.0. The molecule has 3 heterocycles. The molecule has 6 nitrogen and oxygen atoms in total. The van der Waals surface area contributed by atoms with Gasteiger partial charge in [0.2, 0.25) is 0 Å². The van der Waals surface area contributed by atoms with E-state index in [1.807, 2.05) is 18.2 Å². The fraction of sp³-hybridized carbons (Fsp3) is 0.280. The van der Waals surface area contributed by atoms with Crippen LogP contribution in [0.4, 0.5) is 5.00 Å². The average molecular weight is 448 g/mol. The van der Waals surface area contributed by atoms with Crippen molar-refractivity contribution < 1.29 is 14.3 Å². The maximum Gasteiger partial charge on any atom is 0.343 e. The Morgan fingerprint density at radius 1 is 1.09 bits per heavy atom. The fourth-order valence-electron chi connectivity index (χ4n) is 4.21. The molecule has 0 spiro atoms. The van der Waals surface area contributed by atoms with E-state index in [0.29, 0.717) is 17.4 Å². The highest BCUT2D eigenvalue weighted by atomic mass is 32.1. The van der Waals surface area contributed by atoms with E-state index in [0.717, 1.165) is 35.6 Å². The molecule has 2 aliphatic heterocycles. The number of fused-ring (bicyclic) bond motifs is 3. The maximum atomic E-state index is 13.0. The standard InChI is InChI=1S/C25H25N3O3S/c1-15(2)28-13-12-19-20(14-28)32-24-21(19)23(29)26-22(27-24)16-8-10-18(11-9-16)31-25(30)17-6-4-3-5-7-17/h3-11,15,22,27H,12-14H2,1-2H3,(H,26,29)/t22-/m0/s1. The van der Waals surface area contributed by atoms with Gasteiger partial charge < -0.3 is 15.4 Å². The second kappa shape index (κ2) is 8.41. The van der Waals surface area contributed by atoms with Gasteiger partial charge in [0, 0.05) is 24.0 Å². The van der Waals surface area contributed by atoms with E-state index in [-0.39, 0.29) is 12.1 Å². The SMILES string of the molecule is CC(C)N1CCc2c(sc3c2C(=O)N[C@H](c2ccc(OC(=O)c4ccccc4)cc2)N3)C1. The van der Waals surface area contributed by atoms with Crippen LogP contribution in [0.15, 0.2) is 54.6 Å². The van der Waals surface area contributed by atoms with Crippen LogP contribution in [0.3, 0.4) is 0 Å². The molecule has 1 atom stereocenters. The fourth-order valence-corrected chi connectivity index (χ4v) is 5.51. The molecule has 7 heteroatoms. The summed E-state index contributed by atoms with van der Waals surface area (Å²) in [6.07, 6.45) is 0.579. The van der Waals surface area contributed by atoms with Crippen LogP contribution in [0, 0.1) is 0 Å². The number of ether oxygens (including phenoxy) is 1. The average Bonchev–Trinajstić information content (AvgIpc) is 3.18. The van der Waals surface area contributed by atoms with E-state index in [1.54, 1.807) is 47.7 Å². The highest BCUT2D eigenvalue weighted by Gasteiger charge is 2.33. The van der Waals surface area contributed by atoms with E-state index in [1.165, 1.54) is 10.4 Å². The smallest absolute Gasteiger partial charge is 0.343 e. The zero-order chi connectivity index (χ0) is 22.2. The lowest BCUT2D eigenvalue weighted by atomic mass is 9.99. The van der Waals surface area contributed by atoms with Crippen molar-refractivity contribution >= 4 is 28.2 Å². The molecule has 2 aromatic carbocycles. The van der Waals surface area contributed by atoms with Crippen molar-refractivity contribution in [2.45, 2.75) is 39.0 Å². The summed E-state index contributed by atoms with van der Waals surface area (Å²) >= 11 is 1.69. The lowest BCUT2D eigenvalue weighted by molar-refractivity contribution is 0.0734. The summed E-state index contributed by atoms with van der Waals surface area (Å²) in [4.78, 5) is 28.9. The Morgan fingerprint density at radius 2 is 1.84 bits per heavy atom. The summed E-state index contributed by atoms with van der Waals surface area (Å²) in [5.74, 6) is 0.0383. The van der Waals surface area contributed by atoms with Crippen molar-refractivity contribution in [2.75, 3.05) is 11.9 Å². The first-order valence-electron chi connectivity index (χ1n) is 10.8. The van der Waals surface area contributed by atoms with Gasteiger partial charge in [-0.25, -0.2) is 4.79 Å². The number of hydrogen-bond donors (Lipinski definition) is 2. The number of benzene rings is 2. The van der Waals surface area contributed by atoms with Crippen LogP contribution in [0.1, 0.15) is 56.7 Å². The minimum absolute atomic E-state index is 0.0289. The molecule has 0 aliphatic carbocycles. The molecule has 2 aliphatic rings. The van der Waals surface area contributed by atoms with Crippen molar-refractivity contribution in [2.24, 2.45) is 0 Å². The zero-order valence-corrected chi connectivity index (χ0v) is 18.9. The molecule has 1 aromatic heterocycles. The van der Waals surface area contributed by atoms with Crippen molar-refractivity contribution in [1.29, 1.82) is 0 Å². The largest absolute Gasteiger partial charge is 0.423 e. The number of nitrogens with zero attached hydrogens (tertiary/aromatic N) is 1. The second-order valence-electron chi connectivity index (χ2n) is 8.40. The third kappa shape index (κ3) is 3.89. The summed E-state index contributed by atoms with van der Waals surface area (Å²) in [6, 6.07) is 16.6. The molecule has 0 radical (unpaired) electrons. The lowest BCUT2D eigenvalue weighted by Crippen LogP contribution is -2.39. The molecule has 0 saturated heterocycles. The van der Waals surface area contributed by atoms with Gasteiger partial charge in [0.05, 0.1) is 11.1 Å². The molecule has 164 valence electrons. The summed E-state index contributed by atoms with van der Waals surface area (Å²) in [5, 5.41) is 7.51. The van der Waals surface area contributed by atoms with Crippen LogP contribution >= 0.6 is 11.3 Å². The highest BCUT2D eigenvalue weighted by molar-refractivity contribution is 7.16. The van der Waals surface area contributed by atoms with Gasteiger partial charge in [-0.3, -0.25) is 9.69 Å². The van der Waals surface area contributed by atoms with E-state index >= 15 is 0 Å². The monoisotopic (exact) mass is 447 g/mol. The van der Waals surface area contributed by atoms with Crippen molar-refractivity contribution in [3.05, 3.63) is 81.7 Å². The van der Waals surface area contributed by atoms with Gasteiger partial charge in [0.25, 0.3) is 5.91 Å². The molecule has 0 fully saturated rings. The topological polar surface area (TPSA) is 70.7 Å². The van der Waals surface area contributed by atoms with Crippen LogP contribution in [0.5, 0.6) is 5.75 Å². The number of rotatable bonds is 4. The van der Waals surface area contributed by atoms with Crippen LogP contribution in [-0.2, 0) is 13.0 Å². The van der Waals surface area contributed by atoms with Gasteiger partial charge in [-0.15, -0.1) is 11.3 Å². The second-order valence-corrected chi connectivity index (χ2v) is 9.50. The first-order valence-corrected chi connectivity index (χ1v) is 11.6. The van der Waals surface area contributed by atoms with Gasteiger partial charge in [0.15, 0.2) is 0 Å². The lowest BCUT2D eigenvalue weighted by Gasteiger charge is -2.31. The van der Waals surface area contributed by atoms with Gasteiger partial charge in [-0.05, 0) is 55.7 Å². The van der Waals surface area contributed by atoms with Crippen LogP contribution in [-0.4, -0.2) is 29.4 Å². The van der Waals surface area contributed by atoms with E-state index in [9.17, 15) is 9.59 Å². The molecular weight excluding hydrogens is 422 g/mol. The Morgan fingerprint density at radius 3 is 2.56 bits per heavy atom. The van der Waals surface area contributed by atoms with Gasteiger partial charge in [-0.1, -0.05) is 30.3 Å². The quantitative estimate of drug-likeness (QED) is 0.452. The molecule has 5 rings (SSSR count). The molecule has 0 saturated carbocycles. The Bertz CT molecular complexity index is 1160. The molecule has 2 N–H and O–H groups in total. The number of hydrogen-bond acceptors (Lipinski definition) is 6. The number of esters is 1. The normalized spacial score (nSPS) is 17.8. The Hall–Kier alpha value is -3.16. The number of amides is 1. The van der Waals surface area contributed by atoms with Crippen molar-refractivity contribution in [3.8, 4) is 5.75 Å². The van der Waals surface area contributed by atoms with Crippen molar-refractivity contribution in [1.82, 2.24) is 10.2 Å². The number of anilines is 1. The van der Waals surface area contributed by atoms with Crippen LogP contribution in [0.25, 0.3) is 0 Å². The Kier molecular flexibility index (Phi) is 5.45.